The van der Waals surface area contributed by atoms with Crippen molar-refractivity contribution in [1.82, 2.24) is 15.0 Å². The second-order valence-corrected chi connectivity index (χ2v) is 16.6. The zero-order chi connectivity index (χ0) is 43.6. The van der Waals surface area contributed by atoms with Gasteiger partial charge in [-0.1, -0.05) is 200 Å². The van der Waals surface area contributed by atoms with Crippen LogP contribution in [0.3, 0.4) is 0 Å². The van der Waals surface area contributed by atoms with Crippen LogP contribution in [0.5, 0.6) is 0 Å². The quantitative estimate of drug-likeness (QED) is 0.160. The second-order valence-electron chi connectivity index (χ2n) is 16.6. The fourth-order valence-corrected chi connectivity index (χ4v) is 9.80. The largest absolute Gasteiger partial charge is 0.455 e. The molecule has 0 aliphatic heterocycles. The molecule has 0 spiro atoms. The zero-order valence-electron chi connectivity index (χ0n) is 35.5. The number of rotatable bonds is 7. The summed E-state index contributed by atoms with van der Waals surface area (Å²) < 4.78 is 13.4. The molecule has 66 heavy (non-hydrogen) atoms. The van der Waals surface area contributed by atoms with Crippen LogP contribution in [-0.2, 0) is 0 Å². The van der Waals surface area contributed by atoms with Crippen molar-refractivity contribution in [3.8, 4) is 78.7 Å². The van der Waals surface area contributed by atoms with Gasteiger partial charge in [0.25, 0.3) is 0 Å². The summed E-state index contributed by atoms with van der Waals surface area (Å²) >= 11 is 0. The fraction of sp³-hybridized carbons (Fsp3) is 0. The smallest absolute Gasteiger partial charge is 0.167 e. The number of fused-ring (bicyclic) bond motifs is 7. The predicted molar refractivity (Wildman–Crippen MR) is 270 cm³/mol. The molecule has 3 heterocycles. The van der Waals surface area contributed by atoms with Crippen molar-refractivity contribution >= 4 is 54.6 Å². The van der Waals surface area contributed by atoms with Gasteiger partial charge in [0.1, 0.15) is 22.3 Å². The van der Waals surface area contributed by atoms with E-state index in [0.29, 0.717) is 28.6 Å². The maximum Gasteiger partial charge on any atom is 0.167 e. The molecule has 0 amide bonds. The van der Waals surface area contributed by atoms with E-state index in [1.165, 1.54) is 0 Å². The Morgan fingerprint density at radius 3 is 1.30 bits per heavy atom. The Bertz CT molecular complexity index is 3860. The lowest BCUT2D eigenvalue weighted by atomic mass is 9.82. The van der Waals surface area contributed by atoms with Crippen LogP contribution in [0, 0.1) is 0 Å². The van der Waals surface area contributed by atoms with Crippen molar-refractivity contribution in [3.63, 3.8) is 0 Å². The molecule has 308 valence electrons. The van der Waals surface area contributed by atoms with Crippen molar-refractivity contribution < 1.29 is 8.83 Å². The monoisotopic (exact) mass is 843 g/mol. The van der Waals surface area contributed by atoms with E-state index in [4.69, 9.17) is 23.8 Å². The van der Waals surface area contributed by atoms with Crippen molar-refractivity contribution in [2.45, 2.75) is 0 Å². The van der Waals surface area contributed by atoms with Gasteiger partial charge in [0.15, 0.2) is 17.5 Å². The van der Waals surface area contributed by atoms with Gasteiger partial charge in [-0.05, 0) is 74.0 Å². The molecule has 10 aromatic carbocycles. The van der Waals surface area contributed by atoms with Crippen molar-refractivity contribution in [1.29, 1.82) is 0 Å². The molecule has 0 aliphatic rings. The Kier molecular flexibility index (Phi) is 8.78. The number of para-hydroxylation sites is 4. The Balaban J connectivity index is 1.20. The van der Waals surface area contributed by atoms with Crippen LogP contribution in [0.15, 0.2) is 233 Å². The van der Waals surface area contributed by atoms with E-state index in [0.717, 1.165) is 105 Å². The van der Waals surface area contributed by atoms with Crippen LogP contribution in [0.1, 0.15) is 0 Å². The van der Waals surface area contributed by atoms with Gasteiger partial charge in [0, 0.05) is 32.7 Å². The normalized spacial score (nSPS) is 11.6. The Morgan fingerprint density at radius 2 is 0.667 bits per heavy atom. The first-order chi connectivity index (χ1) is 32.7. The molecule has 0 N–H and O–H groups in total. The molecule has 0 saturated carbocycles. The molecular formula is C61H37N3O2. The summed E-state index contributed by atoms with van der Waals surface area (Å²) in [5.41, 5.74) is 13.9. The number of aromatic nitrogens is 3. The number of benzene rings is 10. The summed E-state index contributed by atoms with van der Waals surface area (Å²) in [5, 5.41) is 6.36. The van der Waals surface area contributed by atoms with Crippen LogP contribution >= 0.6 is 0 Å². The van der Waals surface area contributed by atoms with Crippen molar-refractivity contribution in [3.05, 3.63) is 224 Å². The average Bonchev–Trinajstić information content (AvgIpc) is 3.97. The van der Waals surface area contributed by atoms with Crippen LogP contribution in [0.25, 0.3) is 133 Å². The summed E-state index contributed by atoms with van der Waals surface area (Å²) in [7, 11) is 0. The Morgan fingerprint density at radius 1 is 0.242 bits per heavy atom. The molecular weight excluding hydrogens is 807 g/mol. The topological polar surface area (TPSA) is 65.0 Å². The van der Waals surface area contributed by atoms with E-state index in [2.05, 4.69) is 176 Å². The molecule has 0 saturated heterocycles. The number of furan rings is 2. The minimum atomic E-state index is 0.490. The standard InChI is InChI=1S/C61H37N3O2/c1-3-18-38(19-4-1)42-25-9-10-28-47(42)55-48(44-29-15-23-39-22-7-8-24-41(39)44)37-36-43(40-20-5-2-6-21-40)56(55)61-63-59(51-32-16-30-49-45-26-11-13-34-53(45)65-57(49)51)62-60(64-61)52-33-17-31-50-46-27-12-14-35-54(46)66-58(50)52/h1-37H. The highest BCUT2D eigenvalue weighted by Gasteiger charge is 2.27. The van der Waals surface area contributed by atoms with Crippen LogP contribution in [0.2, 0.25) is 0 Å². The van der Waals surface area contributed by atoms with E-state index in [1.807, 2.05) is 48.5 Å². The summed E-state index contributed by atoms with van der Waals surface area (Å²) in [6.07, 6.45) is 0. The van der Waals surface area contributed by atoms with E-state index in [-0.39, 0.29) is 0 Å². The van der Waals surface area contributed by atoms with Crippen LogP contribution in [-0.4, -0.2) is 15.0 Å². The van der Waals surface area contributed by atoms with Gasteiger partial charge in [-0.25, -0.2) is 15.0 Å². The third-order valence-corrected chi connectivity index (χ3v) is 12.8. The summed E-state index contributed by atoms with van der Waals surface area (Å²) in [5.74, 6) is 1.50. The minimum Gasteiger partial charge on any atom is -0.455 e. The lowest BCUT2D eigenvalue weighted by Gasteiger charge is -2.22. The first kappa shape index (κ1) is 37.6. The van der Waals surface area contributed by atoms with Gasteiger partial charge in [0.2, 0.25) is 0 Å². The summed E-state index contributed by atoms with van der Waals surface area (Å²) in [6.45, 7) is 0. The lowest BCUT2D eigenvalue weighted by molar-refractivity contribution is 0.669. The predicted octanol–water partition coefficient (Wildman–Crippen LogP) is 16.5. The highest BCUT2D eigenvalue weighted by atomic mass is 16.3. The van der Waals surface area contributed by atoms with Crippen molar-refractivity contribution in [2.75, 3.05) is 0 Å². The van der Waals surface area contributed by atoms with Crippen molar-refractivity contribution in [2.24, 2.45) is 0 Å². The number of hydrogen-bond acceptors (Lipinski definition) is 5. The van der Waals surface area contributed by atoms with Gasteiger partial charge in [0.05, 0.1) is 11.1 Å². The van der Waals surface area contributed by atoms with E-state index in [9.17, 15) is 0 Å². The molecule has 0 radical (unpaired) electrons. The molecule has 13 rings (SSSR count). The minimum absolute atomic E-state index is 0.490. The van der Waals surface area contributed by atoms with Crippen LogP contribution in [0.4, 0.5) is 0 Å². The number of nitrogens with zero attached hydrogens (tertiary/aromatic N) is 3. The molecule has 0 unspecified atom stereocenters. The van der Waals surface area contributed by atoms with Gasteiger partial charge in [-0.2, -0.15) is 0 Å². The Hall–Kier alpha value is -8.93. The van der Waals surface area contributed by atoms with Gasteiger partial charge < -0.3 is 8.83 Å². The maximum absolute atomic E-state index is 6.69. The zero-order valence-corrected chi connectivity index (χ0v) is 35.5. The van der Waals surface area contributed by atoms with Gasteiger partial charge in [-0.15, -0.1) is 0 Å². The third kappa shape index (κ3) is 6.13. The van der Waals surface area contributed by atoms with Gasteiger partial charge >= 0.3 is 0 Å². The first-order valence-electron chi connectivity index (χ1n) is 22.2. The molecule has 13 aromatic rings. The Labute approximate surface area is 379 Å². The molecule has 0 atom stereocenters. The average molecular weight is 844 g/mol. The number of hydrogen-bond donors (Lipinski definition) is 0. The molecule has 0 fully saturated rings. The first-order valence-corrected chi connectivity index (χ1v) is 22.2. The summed E-state index contributed by atoms with van der Waals surface area (Å²) in [4.78, 5) is 16.6. The molecule has 3 aromatic heterocycles. The fourth-order valence-electron chi connectivity index (χ4n) is 9.80. The lowest BCUT2D eigenvalue weighted by Crippen LogP contribution is -2.04. The third-order valence-electron chi connectivity index (χ3n) is 12.8. The summed E-state index contributed by atoms with van der Waals surface area (Å²) in [6, 6.07) is 78.2. The van der Waals surface area contributed by atoms with E-state index >= 15 is 0 Å². The van der Waals surface area contributed by atoms with E-state index in [1.54, 1.807) is 0 Å². The highest BCUT2D eigenvalue weighted by Crippen LogP contribution is 2.49. The molecule has 0 aliphatic carbocycles. The molecule has 5 nitrogen and oxygen atoms in total. The molecule has 5 heteroatoms. The van der Waals surface area contributed by atoms with Crippen LogP contribution < -0.4 is 0 Å². The second kappa shape index (κ2) is 15.4. The SMILES string of the molecule is c1ccc(-c2ccccc2-c2c(-c3cccc4ccccc34)ccc(-c3ccccc3)c2-c2nc(-c3cccc4c3oc3ccccc34)nc(-c3cccc4c3oc3ccccc34)n2)cc1. The molecule has 0 bridgehead atoms. The maximum atomic E-state index is 6.69. The van der Waals surface area contributed by atoms with E-state index < -0.39 is 0 Å². The highest BCUT2D eigenvalue weighted by molar-refractivity contribution is 6.12. The van der Waals surface area contributed by atoms with Gasteiger partial charge in [-0.3, -0.25) is 0 Å².